The molecule has 0 atom stereocenters. The van der Waals surface area contributed by atoms with Crippen LogP contribution in [0.15, 0.2) is 58.4 Å². The average Bonchev–Trinajstić information content (AvgIpc) is 3.12. The number of aryl methyl sites for hydroxylation is 1. The summed E-state index contributed by atoms with van der Waals surface area (Å²) in [5.74, 6) is -0.263. The summed E-state index contributed by atoms with van der Waals surface area (Å²) in [6.07, 6.45) is 0. The number of rotatable bonds is 7. The zero-order chi connectivity index (χ0) is 19.9. The van der Waals surface area contributed by atoms with Crippen LogP contribution in [0.25, 0.3) is 0 Å². The molecule has 8 heteroatoms. The van der Waals surface area contributed by atoms with Crippen LogP contribution in [-0.2, 0) is 11.4 Å². The average molecular weight is 460 g/mol. The van der Waals surface area contributed by atoms with E-state index < -0.39 is 0 Å². The largest absolute Gasteiger partial charge is 0.486 e. The molecule has 2 amide bonds. The second-order valence-corrected chi connectivity index (χ2v) is 7.77. The van der Waals surface area contributed by atoms with Gasteiger partial charge in [0.15, 0.2) is 0 Å². The van der Waals surface area contributed by atoms with E-state index in [-0.39, 0.29) is 25.0 Å². The summed E-state index contributed by atoms with van der Waals surface area (Å²) in [5.41, 5.74) is 1.82. The van der Waals surface area contributed by atoms with Crippen LogP contribution in [-0.4, -0.2) is 23.3 Å². The smallest absolute Gasteiger partial charge is 0.255 e. The Morgan fingerprint density at radius 1 is 1.14 bits per heavy atom. The molecule has 0 aliphatic rings. The predicted molar refractivity (Wildman–Crippen MR) is 113 cm³/mol. The number of para-hydroxylation sites is 2. The topological polar surface area (TPSA) is 80.3 Å². The molecule has 0 fully saturated rings. The number of halogens is 1. The standard InChI is InChI=1S/C20H18BrN3O3S/c1-13-23-14(12-28-13)11-27-18-9-5-2-6-15(18)20(26)22-10-19(25)24-17-8-4-3-7-16(17)21/h2-9,12H,10-11H2,1H3,(H,22,26)(H,24,25). The van der Waals surface area contributed by atoms with Crippen LogP contribution in [0.4, 0.5) is 5.69 Å². The second kappa shape index (κ2) is 9.48. The fourth-order valence-corrected chi connectivity index (χ4v) is 3.40. The number of anilines is 1. The number of nitrogens with one attached hydrogen (secondary N) is 2. The number of carbonyl (C=O) groups is 2. The van der Waals surface area contributed by atoms with E-state index in [1.807, 2.05) is 30.5 Å². The SMILES string of the molecule is Cc1nc(COc2ccccc2C(=O)NCC(=O)Nc2ccccc2Br)cs1. The Kier molecular flexibility index (Phi) is 6.78. The van der Waals surface area contributed by atoms with E-state index in [0.29, 0.717) is 17.0 Å². The van der Waals surface area contributed by atoms with Gasteiger partial charge in [0, 0.05) is 9.85 Å². The molecular formula is C20H18BrN3O3S. The summed E-state index contributed by atoms with van der Waals surface area (Å²) in [7, 11) is 0. The maximum Gasteiger partial charge on any atom is 0.255 e. The van der Waals surface area contributed by atoms with E-state index in [9.17, 15) is 9.59 Å². The molecule has 3 rings (SSSR count). The zero-order valence-electron chi connectivity index (χ0n) is 15.1. The summed E-state index contributed by atoms with van der Waals surface area (Å²) in [6, 6.07) is 14.2. The second-order valence-electron chi connectivity index (χ2n) is 5.85. The minimum absolute atomic E-state index is 0.153. The third-order valence-electron chi connectivity index (χ3n) is 3.73. The number of ether oxygens (including phenoxy) is 1. The van der Waals surface area contributed by atoms with Crippen LogP contribution in [0.3, 0.4) is 0 Å². The lowest BCUT2D eigenvalue weighted by Gasteiger charge is -2.11. The molecule has 0 saturated carbocycles. The van der Waals surface area contributed by atoms with Crippen LogP contribution in [0.1, 0.15) is 21.1 Å². The van der Waals surface area contributed by atoms with Crippen molar-refractivity contribution in [3.63, 3.8) is 0 Å². The molecule has 3 aromatic rings. The minimum Gasteiger partial charge on any atom is -0.486 e. The van der Waals surface area contributed by atoms with Crippen molar-refractivity contribution < 1.29 is 14.3 Å². The summed E-state index contributed by atoms with van der Waals surface area (Å²) < 4.78 is 6.52. The van der Waals surface area contributed by atoms with Gasteiger partial charge in [-0.3, -0.25) is 9.59 Å². The lowest BCUT2D eigenvalue weighted by molar-refractivity contribution is -0.115. The van der Waals surface area contributed by atoms with Gasteiger partial charge in [0.25, 0.3) is 5.91 Å². The Hall–Kier alpha value is -2.71. The molecule has 0 aliphatic carbocycles. The van der Waals surface area contributed by atoms with Gasteiger partial charge in [0.1, 0.15) is 12.4 Å². The van der Waals surface area contributed by atoms with E-state index in [1.165, 1.54) is 0 Å². The predicted octanol–water partition coefficient (Wildman–Crippen LogP) is 4.16. The van der Waals surface area contributed by atoms with Crippen molar-refractivity contribution in [1.82, 2.24) is 10.3 Å². The molecule has 2 N–H and O–H groups in total. The monoisotopic (exact) mass is 459 g/mol. The molecule has 28 heavy (non-hydrogen) atoms. The fraction of sp³-hybridized carbons (Fsp3) is 0.150. The lowest BCUT2D eigenvalue weighted by Crippen LogP contribution is -2.33. The van der Waals surface area contributed by atoms with E-state index in [4.69, 9.17) is 4.74 Å². The van der Waals surface area contributed by atoms with Crippen molar-refractivity contribution in [1.29, 1.82) is 0 Å². The minimum atomic E-state index is -0.382. The summed E-state index contributed by atoms with van der Waals surface area (Å²) in [6.45, 7) is 2.05. The van der Waals surface area contributed by atoms with Gasteiger partial charge in [-0.1, -0.05) is 24.3 Å². The van der Waals surface area contributed by atoms with Gasteiger partial charge in [0.05, 0.1) is 28.5 Å². The van der Waals surface area contributed by atoms with Crippen molar-refractivity contribution in [3.05, 3.63) is 74.6 Å². The number of hydrogen-bond acceptors (Lipinski definition) is 5. The molecule has 6 nitrogen and oxygen atoms in total. The molecule has 2 aromatic carbocycles. The first-order chi connectivity index (χ1) is 13.5. The lowest BCUT2D eigenvalue weighted by atomic mass is 10.2. The van der Waals surface area contributed by atoms with E-state index in [1.54, 1.807) is 41.7 Å². The number of hydrogen-bond donors (Lipinski definition) is 2. The number of nitrogens with zero attached hydrogens (tertiary/aromatic N) is 1. The Balaban J connectivity index is 1.58. The Labute approximate surface area is 175 Å². The highest BCUT2D eigenvalue weighted by atomic mass is 79.9. The molecule has 1 heterocycles. The third kappa shape index (κ3) is 5.40. The first-order valence-electron chi connectivity index (χ1n) is 8.48. The molecule has 1 aromatic heterocycles. The highest BCUT2D eigenvalue weighted by molar-refractivity contribution is 9.10. The van der Waals surface area contributed by atoms with Crippen LogP contribution < -0.4 is 15.4 Å². The van der Waals surface area contributed by atoms with E-state index >= 15 is 0 Å². The number of aromatic nitrogens is 1. The Bertz CT molecular complexity index is 990. The Morgan fingerprint density at radius 3 is 2.64 bits per heavy atom. The highest BCUT2D eigenvalue weighted by Crippen LogP contribution is 2.21. The van der Waals surface area contributed by atoms with Gasteiger partial charge in [-0.2, -0.15) is 0 Å². The van der Waals surface area contributed by atoms with Crippen LogP contribution in [0.2, 0.25) is 0 Å². The summed E-state index contributed by atoms with van der Waals surface area (Å²) in [4.78, 5) is 29.0. The summed E-state index contributed by atoms with van der Waals surface area (Å²) in [5, 5.41) is 8.24. The van der Waals surface area contributed by atoms with Gasteiger partial charge in [-0.15, -0.1) is 11.3 Å². The van der Waals surface area contributed by atoms with Crippen molar-refractivity contribution in [2.24, 2.45) is 0 Å². The van der Waals surface area contributed by atoms with Crippen molar-refractivity contribution >= 4 is 44.8 Å². The molecule has 0 bridgehead atoms. The maximum atomic E-state index is 12.5. The van der Waals surface area contributed by atoms with E-state index in [0.717, 1.165) is 15.2 Å². The first-order valence-corrected chi connectivity index (χ1v) is 10.2. The molecule has 0 saturated heterocycles. The first kappa shape index (κ1) is 20.0. The molecule has 0 radical (unpaired) electrons. The zero-order valence-corrected chi connectivity index (χ0v) is 17.5. The van der Waals surface area contributed by atoms with Crippen molar-refractivity contribution in [3.8, 4) is 5.75 Å². The van der Waals surface area contributed by atoms with Gasteiger partial charge >= 0.3 is 0 Å². The van der Waals surface area contributed by atoms with Crippen molar-refractivity contribution in [2.45, 2.75) is 13.5 Å². The fourth-order valence-electron chi connectivity index (χ4n) is 2.42. The molecule has 144 valence electrons. The third-order valence-corrected chi connectivity index (χ3v) is 5.25. The summed E-state index contributed by atoms with van der Waals surface area (Å²) >= 11 is 4.91. The highest BCUT2D eigenvalue weighted by Gasteiger charge is 2.14. The Morgan fingerprint density at radius 2 is 1.89 bits per heavy atom. The van der Waals surface area contributed by atoms with Crippen molar-refractivity contribution in [2.75, 3.05) is 11.9 Å². The maximum absolute atomic E-state index is 12.5. The van der Waals surface area contributed by atoms with Crippen LogP contribution in [0, 0.1) is 6.92 Å². The molecular weight excluding hydrogens is 442 g/mol. The van der Waals surface area contributed by atoms with Gasteiger partial charge < -0.3 is 15.4 Å². The quantitative estimate of drug-likeness (QED) is 0.555. The number of amides is 2. The normalized spacial score (nSPS) is 10.4. The van der Waals surface area contributed by atoms with Crippen LogP contribution >= 0.6 is 27.3 Å². The number of benzene rings is 2. The van der Waals surface area contributed by atoms with Gasteiger partial charge in [0.2, 0.25) is 5.91 Å². The van der Waals surface area contributed by atoms with Gasteiger partial charge in [-0.25, -0.2) is 4.98 Å². The van der Waals surface area contributed by atoms with E-state index in [2.05, 4.69) is 31.5 Å². The van der Waals surface area contributed by atoms with Gasteiger partial charge in [-0.05, 0) is 47.1 Å². The number of thiazole rings is 1. The molecule has 0 spiro atoms. The molecule has 0 aliphatic heterocycles. The molecule has 0 unspecified atom stereocenters. The number of carbonyl (C=O) groups excluding carboxylic acids is 2. The van der Waals surface area contributed by atoms with Crippen LogP contribution in [0.5, 0.6) is 5.75 Å².